The van der Waals surface area contributed by atoms with E-state index in [0.29, 0.717) is 49.1 Å². The zero-order valence-corrected chi connectivity index (χ0v) is 17.9. The second kappa shape index (κ2) is 8.54. The first-order valence-corrected chi connectivity index (χ1v) is 10.6. The summed E-state index contributed by atoms with van der Waals surface area (Å²) in [6, 6.07) is 16.0. The number of hydrogen-bond donors (Lipinski definition) is 0. The maximum absolute atomic E-state index is 13.6. The van der Waals surface area contributed by atoms with Crippen molar-refractivity contribution in [2.24, 2.45) is 4.99 Å². The van der Waals surface area contributed by atoms with Gasteiger partial charge >= 0.3 is 0 Å². The molecule has 168 valence electrons. The summed E-state index contributed by atoms with van der Waals surface area (Å²) in [5.41, 5.74) is 1.49. The molecule has 33 heavy (non-hydrogen) atoms. The summed E-state index contributed by atoms with van der Waals surface area (Å²) in [6.07, 6.45) is 0. The number of carbonyl (C=O) groups is 1. The fraction of sp³-hybridized carbons (Fsp3) is 0.200. The molecule has 0 unspecified atom stereocenters. The number of methoxy groups -OCH3 is 1. The minimum Gasteiger partial charge on any atom is -0.493 e. The van der Waals surface area contributed by atoms with E-state index in [1.165, 1.54) is 0 Å². The van der Waals surface area contributed by atoms with E-state index < -0.39 is 17.5 Å². The van der Waals surface area contributed by atoms with Crippen molar-refractivity contribution in [2.75, 3.05) is 33.3 Å². The average molecular weight is 449 g/mol. The molecule has 1 saturated heterocycles. The Balaban J connectivity index is 1.43. The van der Waals surface area contributed by atoms with E-state index in [2.05, 4.69) is 4.90 Å². The number of carbonyl (C=O) groups excluding carboxylic acids is 1. The number of halogens is 2. The minimum absolute atomic E-state index is 0.00478. The second-order valence-electron chi connectivity index (χ2n) is 7.78. The Hall–Kier alpha value is -3.94. The van der Waals surface area contributed by atoms with Gasteiger partial charge in [-0.05, 0) is 36.4 Å². The number of amidine groups is 1. The van der Waals surface area contributed by atoms with Crippen molar-refractivity contribution >= 4 is 17.4 Å². The molecule has 0 atom stereocenters. The predicted octanol–water partition coefficient (Wildman–Crippen LogP) is 4.62. The van der Waals surface area contributed by atoms with Gasteiger partial charge in [0.05, 0.1) is 12.7 Å². The first kappa shape index (κ1) is 20.9. The lowest BCUT2D eigenvalue weighted by molar-refractivity contribution is 0.0691. The van der Waals surface area contributed by atoms with Crippen molar-refractivity contribution in [3.8, 4) is 17.2 Å². The summed E-state index contributed by atoms with van der Waals surface area (Å²) >= 11 is 0. The van der Waals surface area contributed by atoms with Crippen LogP contribution in [0.4, 0.5) is 14.5 Å². The molecule has 2 aliphatic rings. The Kier molecular flexibility index (Phi) is 5.42. The first-order valence-electron chi connectivity index (χ1n) is 10.6. The van der Waals surface area contributed by atoms with Crippen molar-refractivity contribution in [1.29, 1.82) is 0 Å². The van der Waals surface area contributed by atoms with Gasteiger partial charge in [-0.2, -0.15) is 0 Å². The average Bonchev–Trinajstić information content (AvgIpc) is 3.00. The normalized spacial score (nSPS) is 15.1. The van der Waals surface area contributed by atoms with E-state index in [1.807, 2.05) is 42.5 Å². The molecule has 3 aromatic carbocycles. The van der Waals surface area contributed by atoms with Crippen LogP contribution in [0, 0.1) is 11.6 Å². The van der Waals surface area contributed by atoms with E-state index >= 15 is 0 Å². The number of aliphatic imine (C=N–C) groups is 1. The molecule has 5 rings (SSSR count). The van der Waals surface area contributed by atoms with Crippen molar-refractivity contribution in [1.82, 2.24) is 9.80 Å². The van der Waals surface area contributed by atoms with Crippen LogP contribution in [0.15, 0.2) is 65.7 Å². The van der Waals surface area contributed by atoms with Crippen LogP contribution < -0.4 is 9.47 Å². The SMILES string of the molecule is COc1cccc2c1Oc1ccccc1N=C2N1CCN(C(=O)c2cc(F)cc(F)c2)CC1. The number of piperazine rings is 1. The molecule has 0 radical (unpaired) electrons. The lowest BCUT2D eigenvalue weighted by Crippen LogP contribution is -2.50. The molecule has 0 aliphatic carbocycles. The van der Waals surface area contributed by atoms with Crippen LogP contribution in [0.1, 0.15) is 15.9 Å². The van der Waals surface area contributed by atoms with E-state index in [9.17, 15) is 13.6 Å². The molecule has 1 amide bonds. The van der Waals surface area contributed by atoms with Gasteiger partial charge in [-0.25, -0.2) is 13.8 Å². The molecule has 0 aromatic heterocycles. The fourth-order valence-electron chi connectivity index (χ4n) is 4.10. The van der Waals surface area contributed by atoms with E-state index in [-0.39, 0.29) is 5.56 Å². The number of amides is 1. The zero-order chi connectivity index (χ0) is 22.9. The van der Waals surface area contributed by atoms with Crippen LogP contribution in [-0.4, -0.2) is 54.8 Å². The summed E-state index contributed by atoms with van der Waals surface area (Å²) in [6.45, 7) is 1.78. The van der Waals surface area contributed by atoms with Crippen molar-refractivity contribution in [3.05, 3.63) is 83.4 Å². The zero-order valence-electron chi connectivity index (χ0n) is 17.9. The van der Waals surface area contributed by atoms with Gasteiger partial charge < -0.3 is 19.3 Å². The van der Waals surface area contributed by atoms with Gasteiger partial charge in [0.15, 0.2) is 17.2 Å². The predicted molar refractivity (Wildman–Crippen MR) is 120 cm³/mol. The molecule has 0 saturated carbocycles. The molecule has 0 N–H and O–H groups in total. The minimum atomic E-state index is -0.769. The van der Waals surface area contributed by atoms with Gasteiger partial charge in [0, 0.05) is 37.8 Å². The Bertz CT molecular complexity index is 1230. The molecule has 1 fully saturated rings. The molecule has 0 spiro atoms. The van der Waals surface area contributed by atoms with Gasteiger partial charge in [0.1, 0.15) is 23.2 Å². The summed E-state index contributed by atoms with van der Waals surface area (Å²) in [5.74, 6) is 0.587. The largest absolute Gasteiger partial charge is 0.493 e. The van der Waals surface area contributed by atoms with E-state index in [4.69, 9.17) is 14.5 Å². The van der Waals surface area contributed by atoms with Gasteiger partial charge in [-0.15, -0.1) is 0 Å². The molecule has 2 heterocycles. The smallest absolute Gasteiger partial charge is 0.254 e. The number of benzene rings is 3. The van der Waals surface area contributed by atoms with Crippen molar-refractivity contribution in [2.45, 2.75) is 0 Å². The Morgan fingerprint density at radius 3 is 2.42 bits per heavy atom. The number of ether oxygens (including phenoxy) is 2. The summed E-state index contributed by atoms with van der Waals surface area (Å²) in [4.78, 5) is 21.4. The molecule has 0 bridgehead atoms. The molecular formula is C25H21F2N3O3. The molecule has 8 heteroatoms. The quantitative estimate of drug-likeness (QED) is 0.573. The highest BCUT2D eigenvalue weighted by molar-refractivity contribution is 6.04. The highest BCUT2D eigenvalue weighted by Gasteiger charge is 2.29. The van der Waals surface area contributed by atoms with Crippen LogP contribution in [0.2, 0.25) is 0 Å². The number of nitrogens with zero attached hydrogens (tertiary/aromatic N) is 3. The molecular weight excluding hydrogens is 428 g/mol. The van der Waals surface area contributed by atoms with Gasteiger partial charge in [-0.3, -0.25) is 4.79 Å². The van der Waals surface area contributed by atoms with Crippen LogP contribution >= 0.6 is 0 Å². The van der Waals surface area contributed by atoms with E-state index in [0.717, 1.165) is 29.6 Å². The second-order valence-corrected chi connectivity index (χ2v) is 7.78. The highest BCUT2D eigenvalue weighted by atomic mass is 19.1. The number of fused-ring (bicyclic) bond motifs is 2. The maximum Gasteiger partial charge on any atom is 0.254 e. The van der Waals surface area contributed by atoms with Gasteiger partial charge in [0.25, 0.3) is 5.91 Å². The lowest BCUT2D eigenvalue weighted by Gasteiger charge is -2.36. The van der Waals surface area contributed by atoms with Gasteiger partial charge in [0.2, 0.25) is 0 Å². The molecule has 6 nitrogen and oxygen atoms in total. The third kappa shape index (κ3) is 4.00. The van der Waals surface area contributed by atoms with Crippen molar-refractivity contribution < 1.29 is 23.0 Å². The standard InChI is InChI=1S/C25H21F2N3O3/c1-32-22-8-4-5-19-23(22)33-21-7-3-2-6-20(21)28-24(19)29-9-11-30(12-10-29)25(31)16-13-17(26)15-18(27)14-16/h2-8,13-15H,9-12H2,1H3. The van der Waals surface area contributed by atoms with Crippen LogP contribution in [0.25, 0.3) is 0 Å². The summed E-state index contributed by atoms with van der Waals surface area (Å²) in [7, 11) is 1.59. The Labute approximate surface area is 189 Å². The van der Waals surface area contributed by atoms with Crippen molar-refractivity contribution in [3.63, 3.8) is 0 Å². The number of rotatable bonds is 2. The molecule has 2 aliphatic heterocycles. The van der Waals surface area contributed by atoms with E-state index in [1.54, 1.807) is 12.0 Å². The number of para-hydroxylation sites is 3. The fourth-order valence-corrected chi connectivity index (χ4v) is 4.10. The topological polar surface area (TPSA) is 54.4 Å². The first-order chi connectivity index (χ1) is 16.0. The monoisotopic (exact) mass is 449 g/mol. The summed E-state index contributed by atoms with van der Waals surface area (Å²) in [5, 5.41) is 0. The third-order valence-electron chi connectivity index (χ3n) is 5.72. The molecule has 3 aromatic rings. The maximum atomic E-state index is 13.6. The number of hydrogen-bond acceptors (Lipinski definition) is 5. The lowest BCUT2D eigenvalue weighted by atomic mass is 10.1. The highest BCUT2D eigenvalue weighted by Crippen LogP contribution is 2.42. The Morgan fingerprint density at radius 1 is 0.970 bits per heavy atom. The third-order valence-corrected chi connectivity index (χ3v) is 5.72. The Morgan fingerprint density at radius 2 is 1.70 bits per heavy atom. The summed E-state index contributed by atoms with van der Waals surface area (Å²) < 4.78 is 38.8. The van der Waals surface area contributed by atoms with Gasteiger partial charge in [-0.1, -0.05) is 18.2 Å². The van der Waals surface area contributed by atoms with Crippen LogP contribution in [0.5, 0.6) is 17.2 Å². The van der Waals surface area contributed by atoms with Crippen LogP contribution in [0.3, 0.4) is 0 Å². The van der Waals surface area contributed by atoms with Crippen LogP contribution in [-0.2, 0) is 0 Å².